The molecule has 2 fully saturated rings. The van der Waals surface area contributed by atoms with Crippen molar-refractivity contribution >= 4 is 11.8 Å². The average Bonchev–Trinajstić information content (AvgIpc) is 3.20. The lowest BCUT2D eigenvalue weighted by Crippen LogP contribution is -2.51. The zero-order valence-electron chi connectivity index (χ0n) is 14.5. The maximum Gasteiger partial charge on any atom is 0.165 e. The summed E-state index contributed by atoms with van der Waals surface area (Å²) in [6.45, 7) is 1.26. The highest BCUT2D eigenvalue weighted by atomic mass is 32.2. The molecule has 3 heteroatoms. The van der Waals surface area contributed by atoms with Gasteiger partial charge in [0.1, 0.15) is 12.1 Å². The van der Waals surface area contributed by atoms with Gasteiger partial charge in [-0.15, -0.1) is 11.8 Å². The molecule has 2 aliphatic heterocycles. The lowest BCUT2D eigenvalue weighted by atomic mass is 9.99. The molecule has 2 aliphatic rings. The molecule has 0 aliphatic carbocycles. The van der Waals surface area contributed by atoms with Crippen LogP contribution in [0.1, 0.15) is 24.0 Å². The Labute approximate surface area is 149 Å². The van der Waals surface area contributed by atoms with E-state index in [1.54, 1.807) is 0 Å². The fourth-order valence-corrected chi connectivity index (χ4v) is 5.80. The van der Waals surface area contributed by atoms with E-state index in [1.165, 1.54) is 30.5 Å². The summed E-state index contributed by atoms with van der Waals surface area (Å²) < 4.78 is 7.98. The van der Waals surface area contributed by atoms with Gasteiger partial charge in [0.15, 0.2) is 4.93 Å². The fraction of sp³-hybridized carbons (Fsp3) is 0.429. The van der Waals surface area contributed by atoms with Crippen molar-refractivity contribution in [1.29, 1.82) is 0 Å². The molecule has 0 amide bonds. The number of likely N-dealkylation sites (tertiary alicyclic amines) is 1. The summed E-state index contributed by atoms with van der Waals surface area (Å²) in [4.78, 5) is -0.365. The molecule has 2 heterocycles. The van der Waals surface area contributed by atoms with Crippen LogP contribution in [0.15, 0.2) is 60.7 Å². The van der Waals surface area contributed by atoms with Crippen LogP contribution in [0.4, 0.5) is 0 Å². The summed E-state index contributed by atoms with van der Waals surface area (Å²) >= 11 is 1.96. The number of hydrogen-bond acceptors (Lipinski definition) is 2. The van der Waals surface area contributed by atoms with E-state index >= 15 is 0 Å². The molecule has 0 N–H and O–H groups in total. The summed E-state index contributed by atoms with van der Waals surface area (Å²) in [5, 5.41) is 0. The normalized spacial score (nSPS) is 28.1. The Morgan fingerprint density at radius 2 is 1.54 bits per heavy atom. The summed E-state index contributed by atoms with van der Waals surface area (Å²) in [7, 11) is 4.72. The molecule has 24 heavy (non-hydrogen) atoms. The number of quaternary nitrogens is 1. The Bertz CT molecular complexity index is 646. The third kappa shape index (κ3) is 2.69. The number of likely N-dealkylation sites (N-methyl/N-ethyl adjacent to an activating group) is 1. The highest BCUT2D eigenvalue weighted by Crippen LogP contribution is 2.51. The topological polar surface area (TPSA) is 9.23 Å². The van der Waals surface area contributed by atoms with Gasteiger partial charge in [0.05, 0.1) is 20.6 Å². The molecule has 0 unspecified atom stereocenters. The van der Waals surface area contributed by atoms with E-state index in [1.807, 2.05) is 11.8 Å². The van der Waals surface area contributed by atoms with Gasteiger partial charge in [-0.2, -0.15) is 0 Å². The van der Waals surface area contributed by atoms with Crippen LogP contribution in [0, 0.1) is 0 Å². The lowest BCUT2D eigenvalue weighted by Gasteiger charge is -2.36. The van der Waals surface area contributed by atoms with Gasteiger partial charge in [-0.1, -0.05) is 60.7 Å². The largest absolute Gasteiger partial charge is 0.345 e. The summed E-state index contributed by atoms with van der Waals surface area (Å²) in [5.41, 5.74) is 2.51. The van der Waals surface area contributed by atoms with Gasteiger partial charge in [-0.25, -0.2) is 0 Å². The number of rotatable bonds is 3. The second-order valence-corrected chi connectivity index (χ2v) is 8.72. The van der Waals surface area contributed by atoms with Gasteiger partial charge < -0.3 is 9.22 Å². The van der Waals surface area contributed by atoms with Crippen molar-refractivity contribution in [1.82, 2.24) is 0 Å². The molecule has 0 saturated carbocycles. The first-order valence-electron chi connectivity index (χ1n) is 8.87. The van der Waals surface area contributed by atoms with Gasteiger partial charge in [0, 0.05) is 18.6 Å². The van der Waals surface area contributed by atoms with Crippen LogP contribution in [0.3, 0.4) is 0 Å². The van der Waals surface area contributed by atoms with E-state index < -0.39 is 0 Å². The lowest BCUT2D eigenvalue weighted by molar-refractivity contribution is -0.905. The van der Waals surface area contributed by atoms with Crippen LogP contribution < -0.4 is 0 Å². The molecule has 0 aromatic heterocycles. The van der Waals surface area contributed by atoms with Crippen LogP contribution in [0.5, 0.6) is 0 Å². The minimum Gasteiger partial charge on any atom is -0.345 e. The van der Waals surface area contributed by atoms with Crippen molar-refractivity contribution in [2.45, 2.75) is 29.9 Å². The number of thioether (sulfide) groups is 1. The van der Waals surface area contributed by atoms with Crippen LogP contribution in [-0.4, -0.2) is 43.0 Å². The Balaban J connectivity index is 1.71. The van der Waals surface area contributed by atoms with Crippen LogP contribution in [-0.2, 0) is 9.67 Å². The van der Waals surface area contributed by atoms with Crippen molar-refractivity contribution in [3.8, 4) is 0 Å². The van der Waals surface area contributed by atoms with Crippen molar-refractivity contribution in [2.24, 2.45) is 0 Å². The Kier molecular flexibility index (Phi) is 4.19. The van der Waals surface area contributed by atoms with Gasteiger partial charge in [-0.3, -0.25) is 0 Å². The van der Waals surface area contributed by atoms with Crippen molar-refractivity contribution < 1.29 is 9.22 Å². The quantitative estimate of drug-likeness (QED) is 0.772. The van der Waals surface area contributed by atoms with Crippen molar-refractivity contribution in [3.63, 3.8) is 0 Å². The molecule has 2 atom stereocenters. The standard InChI is InChI=1S/C21H26NOS/c1-22(2)15-9-14-19(22)20-16-24-21(23-20,17-10-5-3-6-11-17)18-12-7-4-8-13-18/h3-8,10-13,19-20H,9,14-16H2,1-2H3/q+1/t19-,20+/m0/s1. The number of nitrogens with zero attached hydrogens (tertiary/aromatic N) is 1. The van der Waals surface area contributed by atoms with E-state index in [2.05, 4.69) is 74.8 Å². The average molecular weight is 341 g/mol. The van der Waals surface area contributed by atoms with Crippen LogP contribution >= 0.6 is 11.8 Å². The van der Waals surface area contributed by atoms with Gasteiger partial charge in [-0.05, 0) is 11.1 Å². The Morgan fingerprint density at radius 3 is 2.04 bits per heavy atom. The maximum atomic E-state index is 6.89. The van der Waals surface area contributed by atoms with Gasteiger partial charge in [0.25, 0.3) is 0 Å². The monoisotopic (exact) mass is 340 g/mol. The highest BCUT2D eigenvalue weighted by molar-refractivity contribution is 8.00. The number of hydrogen-bond donors (Lipinski definition) is 0. The molecule has 0 spiro atoms. The predicted molar refractivity (Wildman–Crippen MR) is 101 cm³/mol. The molecule has 4 rings (SSSR count). The van der Waals surface area contributed by atoms with Gasteiger partial charge >= 0.3 is 0 Å². The van der Waals surface area contributed by atoms with E-state index in [-0.39, 0.29) is 4.93 Å². The molecule has 126 valence electrons. The zero-order valence-corrected chi connectivity index (χ0v) is 15.3. The van der Waals surface area contributed by atoms with E-state index in [0.29, 0.717) is 12.1 Å². The number of ether oxygens (including phenoxy) is 1. The van der Waals surface area contributed by atoms with E-state index in [4.69, 9.17) is 4.74 Å². The van der Waals surface area contributed by atoms with Crippen LogP contribution in [0.2, 0.25) is 0 Å². The fourth-order valence-electron chi connectivity index (χ4n) is 4.31. The van der Waals surface area contributed by atoms with E-state index in [0.717, 1.165) is 10.2 Å². The molecule has 2 nitrogen and oxygen atoms in total. The molecule has 2 aromatic carbocycles. The summed E-state index contributed by atoms with van der Waals surface area (Å²) in [6.07, 6.45) is 2.90. The zero-order chi connectivity index (χ0) is 16.6. The van der Waals surface area contributed by atoms with Gasteiger partial charge in [0.2, 0.25) is 0 Å². The first-order valence-corrected chi connectivity index (χ1v) is 9.86. The minimum atomic E-state index is -0.365. The highest BCUT2D eigenvalue weighted by Gasteiger charge is 2.51. The molecular weight excluding hydrogens is 314 g/mol. The summed E-state index contributed by atoms with van der Waals surface area (Å²) in [5.74, 6) is 1.07. The maximum absolute atomic E-state index is 6.89. The second-order valence-electron chi connectivity index (χ2n) is 7.53. The predicted octanol–water partition coefficient (Wildman–Crippen LogP) is 4.26. The van der Waals surface area contributed by atoms with E-state index in [9.17, 15) is 0 Å². The number of benzene rings is 2. The van der Waals surface area contributed by atoms with Crippen molar-refractivity contribution in [2.75, 3.05) is 26.4 Å². The Morgan fingerprint density at radius 1 is 0.958 bits per heavy atom. The first-order chi connectivity index (χ1) is 11.6. The molecule has 2 saturated heterocycles. The second kappa shape index (κ2) is 6.21. The molecule has 2 aromatic rings. The molecule has 0 bridgehead atoms. The third-order valence-corrected chi connectivity index (χ3v) is 7.11. The van der Waals surface area contributed by atoms with Crippen molar-refractivity contribution in [3.05, 3.63) is 71.8 Å². The van der Waals surface area contributed by atoms with Crippen LogP contribution in [0.25, 0.3) is 0 Å². The SMILES string of the molecule is C[N+]1(C)CCC[C@H]1[C@H]1CSC(c2ccccc2)(c2ccccc2)O1. The molecule has 0 radical (unpaired) electrons. The third-order valence-electron chi connectivity index (χ3n) is 5.64. The Hall–Kier alpha value is -1.29. The minimum absolute atomic E-state index is 0.313. The summed E-state index contributed by atoms with van der Waals surface area (Å²) in [6, 6.07) is 22.1. The smallest absolute Gasteiger partial charge is 0.165 e. The first kappa shape index (κ1) is 16.2. The molecular formula is C21H26NOS+.